The third-order valence-electron chi connectivity index (χ3n) is 2.70. The van der Waals surface area contributed by atoms with Gasteiger partial charge < -0.3 is 5.32 Å². The van der Waals surface area contributed by atoms with Crippen LogP contribution in [-0.4, -0.2) is 9.91 Å². The molecule has 2 aromatic rings. The number of benzene rings is 1. The monoisotopic (exact) mass is 447 g/mol. The molecule has 104 valence electrons. The van der Waals surface area contributed by atoms with Gasteiger partial charge in [-0.1, -0.05) is 6.07 Å². The minimum atomic E-state index is -0.402. The lowest BCUT2D eigenvalue weighted by molar-refractivity contribution is -0.385. The summed E-state index contributed by atoms with van der Waals surface area (Å²) < 4.78 is 1.59. The summed E-state index contributed by atoms with van der Waals surface area (Å²) in [6.07, 6.45) is 0. The average Bonchev–Trinajstić information content (AvgIpc) is 2.41. The first kappa shape index (κ1) is 15.2. The number of aryl methyl sites for hydroxylation is 1. The zero-order valence-electron chi connectivity index (χ0n) is 10.6. The first-order chi connectivity index (χ1) is 9.47. The lowest BCUT2D eigenvalue weighted by Crippen LogP contribution is -2.03. The third kappa shape index (κ3) is 3.66. The third-order valence-corrected chi connectivity index (χ3v) is 4.51. The fourth-order valence-electron chi connectivity index (χ4n) is 1.64. The summed E-state index contributed by atoms with van der Waals surface area (Å²) in [5.74, 6) is 0.758. The molecule has 1 heterocycles. The van der Waals surface area contributed by atoms with E-state index in [2.05, 4.69) is 48.8 Å². The number of aromatic nitrogens is 1. The molecule has 1 aromatic carbocycles. The van der Waals surface area contributed by atoms with Crippen LogP contribution in [0.25, 0.3) is 0 Å². The van der Waals surface area contributed by atoms with Crippen molar-refractivity contribution in [2.75, 3.05) is 5.32 Å². The second-order valence-electron chi connectivity index (χ2n) is 4.16. The van der Waals surface area contributed by atoms with Gasteiger partial charge in [0.05, 0.1) is 15.1 Å². The molecular weight excluding hydrogens is 437 g/mol. The topological polar surface area (TPSA) is 68.1 Å². The minimum absolute atomic E-state index is 0.0658. The molecule has 0 radical (unpaired) electrons. The van der Waals surface area contributed by atoms with Gasteiger partial charge in [0.25, 0.3) is 5.69 Å². The van der Waals surface area contributed by atoms with Gasteiger partial charge in [-0.05, 0) is 69.2 Å². The van der Waals surface area contributed by atoms with Crippen LogP contribution in [0.5, 0.6) is 0 Å². The molecule has 0 saturated heterocycles. The molecular formula is C13H11BrIN3O2. The second kappa shape index (κ2) is 6.49. The predicted octanol–water partition coefficient (Wildman–Crippen LogP) is 4.28. The summed E-state index contributed by atoms with van der Waals surface area (Å²) >= 11 is 5.39. The number of anilines is 1. The Kier molecular flexibility index (Phi) is 4.92. The first-order valence-corrected chi connectivity index (χ1v) is 7.64. The van der Waals surface area contributed by atoms with Gasteiger partial charge in [-0.3, -0.25) is 10.1 Å². The molecule has 1 N–H and O–H groups in total. The largest absolute Gasteiger partial charge is 0.366 e. The van der Waals surface area contributed by atoms with Crippen molar-refractivity contribution in [3.05, 3.63) is 59.7 Å². The number of halogens is 2. The SMILES string of the molecule is Cc1nc(NCc2ccc(Br)c([N+](=O)[O-])c2)ccc1I. The fraction of sp³-hybridized carbons (Fsp3) is 0.154. The molecule has 0 atom stereocenters. The predicted molar refractivity (Wildman–Crippen MR) is 89.8 cm³/mol. The van der Waals surface area contributed by atoms with E-state index in [-0.39, 0.29) is 5.69 Å². The molecule has 7 heteroatoms. The summed E-state index contributed by atoms with van der Waals surface area (Å²) in [5, 5.41) is 14.0. The molecule has 0 unspecified atom stereocenters. The van der Waals surface area contributed by atoms with Gasteiger partial charge >= 0.3 is 0 Å². The fourth-order valence-corrected chi connectivity index (χ4v) is 2.34. The Morgan fingerprint density at radius 2 is 2.15 bits per heavy atom. The second-order valence-corrected chi connectivity index (χ2v) is 6.18. The minimum Gasteiger partial charge on any atom is -0.366 e. The van der Waals surface area contributed by atoms with Crippen LogP contribution in [0, 0.1) is 20.6 Å². The van der Waals surface area contributed by atoms with Gasteiger partial charge in [-0.2, -0.15) is 0 Å². The van der Waals surface area contributed by atoms with E-state index in [1.807, 2.05) is 25.1 Å². The van der Waals surface area contributed by atoms with E-state index in [1.54, 1.807) is 12.1 Å². The van der Waals surface area contributed by atoms with Crippen molar-refractivity contribution in [3.8, 4) is 0 Å². The number of rotatable bonds is 4. The number of nitro groups is 1. The lowest BCUT2D eigenvalue weighted by Gasteiger charge is -2.07. The van der Waals surface area contributed by atoms with Crippen LogP contribution in [0.2, 0.25) is 0 Å². The Morgan fingerprint density at radius 3 is 2.80 bits per heavy atom. The van der Waals surface area contributed by atoms with Crippen molar-refractivity contribution >= 4 is 50.0 Å². The van der Waals surface area contributed by atoms with Gasteiger partial charge in [-0.15, -0.1) is 0 Å². The molecule has 0 spiro atoms. The van der Waals surface area contributed by atoms with E-state index < -0.39 is 4.92 Å². The Morgan fingerprint density at radius 1 is 1.40 bits per heavy atom. The highest BCUT2D eigenvalue weighted by atomic mass is 127. The van der Waals surface area contributed by atoms with Gasteiger partial charge in [-0.25, -0.2) is 4.98 Å². The molecule has 0 aliphatic carbocycles. The molecule has 0 saturated carbocycles. The van der Waals surface area contributed by atoms with Crippen molar-refractivity contribution < 1.29 is 4.92 Å². The van der Waals surface area contributed by atoms with E-state index in [4.69, 9.17) is 0 Å². The molecule has 0 amide bonds. The molecule has 20 heavy (non-hydrogen) atoms. The van der Waals surface area contributed by atoms with Crippen LogP contribution < -0.4 is 5.32 Å². The Labute approximate surface area is 138 Å². The molecule has 0 aliphatic heterocycles. The molecule has 0 aliphatic rings. The summed E-state index contributed by atoms with van der Waals surface area (Å²) in [6.45, 7) is 2.43. The maximum atomic E-state index is 10.9. The van der Waals surface area contributed by atoms with Crippen LogP contribution in [0.1, 0.15) is 11.3 Å². The maximum Gasteiger partial charge on any atom is 0.283 e. The van der Waals surface area contributed by atoms with Crippen molar-refractivity contribution in [2.45, 2.75) is 13.5 Å². The number of pyridine rings is 1. The Bertz CT molecular complexity index is 664. The first-order valence-electron chi connectivity index (χ1n) is 5.77. The van der Waals surface area contributed by atoms with Gasteiger partial charge in [0.15, 0.2) is 0 Å². The molecule has 1 aromatic heterocycles. The molecule has 0 fully saturated rings. The summed E-state index contributed by atoms with van der Waals surface area (Å²) in [7, 11) is 0. The zero-order valence-corrected chi connectivity index (χ0v) is 14.3. The van der Waals surface area contributed by atoms with Crippen LogP contribution in [-0.2, 0) is 6.54 Å². The zero-order chi connectivity index (χ0) is 14.7. The van der Waals surface area contributed by atoms with Crippen molar-refractivity contribution in [1.82, 2.24) is 4.98 Å². The van der Waals surface area contributed by atoms with Gasteiger partial charge in [0.1, 0.15) is 5.82 Å². The van der Waals surface area contributed by atoms with Gasteiger partial charge in [0, 0.05) is 16.2 Å². The highest BCUT2D eigenvalue weighted by Crippen LogP contribution is 2.26. The number of nitrogens with one attached hydrogen (secondary N) is 1. The van der Waals surface area contributed by atoms with E-state index >= 15 is 0 Å². The molecule has 5 nitrogen and oxygen atoms in total. The number of hydrogen-bond donors (Lipinski definition) is 1. The van der Waals surface area contributed by atoms with Crippen molar-refractivity contribution in [3.63, 3.8) is 0 Å². The van der Waals surface area contributed by atoms with Crippen LogP contribution in [0.15, 0.2) is 34.8 Å². The number of nitro benzene ring substituents is 1. The molecule has 0 bridgehead atoms. The molecule has 2 rings (SSSR count). The summed E-state index contributed by atoms with van der Waals surface area (Å²) in [5.41, 5.74) is 1.85. The van der Waals surface area contributed by atoms with E-state index in [0.29, 0.717) is 11.0 Å². The van der Waals surface area contributed by atoms with Crippen LogP contribution in [0.4, 0.5) is 11.5 Å². The highest BCUT2D eigenvalue weighted by molar-refractivity contribution is 14.1. The summed E-state index contributed by atoms with van der Waals surface area (Å²) in [6, 6.07) is 8.94. The number of nitrogens with zero attached hydrogens (tertiary/aromatic N) is 2. The Balaban J connectivity index is 2.12. The lowest BCUT2D eigenvalue weighted by atomic mass is 10.2. The van der Waals surface area contributed by atoms with Crippen molar-refractivity contribution in [1.29, 1.82) is 0 Å². The van der Waals surface area contributed by atoms with E-state index in [9.17, 15) is 10.1 Å². The summed E-state index contributed by atoms with van der Waals surface area (Å²) in [4.78, 5) is 14.9. The van der Waals surface area contributed by atoms with Crippen molar-refractivity contribution in [2.24, 2.45) is 0 Å². The smallest absolute Gasteiger partial charge is 0.283 e. The Hall–Kier alpha value is -1.22. The highest BCUT2D eigenvalue weighted by Gasteiger charge is 2.12. The standard InChI is InChI=1S/C13H11BrIN3O2/c1-8-11(15)4-5-13(17-8)16-7-9-2-3-10(14)12(6-9)18(19)20/h2-6H,7H2,1H3,(H,16,17). The quantitative estimate of drug-likeness (QED) is 0.431. The van der Waals surface area contributed by atoms with Crippen LogP contribution in [0.3, 0.4) is 0 Å². The maximum absolute atomic E-state index is 10.9. The van der Waals surface area contributed by atoms with Gasteiger partial charge in [0.2, 0.25) is 0 Å². The van der Waals surface area contributed by atoms with E-state index in [1.165, 1.54) is 0 Å². The normalized spacial score (nSPS) is 10.3. The van der Waals surface area contributed by atoms with E-state index in [0.717, 1.165) is 20.6 Å². The number of hydrogen-bond acceptors (Lipinski definition) is 4. The average molecular weight is 448 g/mol. The van der Waals surface area contributed by atoms with Crippen LogP contribution >= 0.6 is 38.5 Å².